The number of carbonyl (C=O) groups is 1. The van der Waals surface area contributed by atoms with Gasteiger partial charge < -0.3 is 10.2 Å². The molecule has 5 heteroatoms. The zero-order valence-corrected chi connectivity index (χ0v) is 9.05. The fraction of sp³-hybridized carbons (Fsp3) is 0.286. The normalized spacial score (nSPS) is 10.2. The van der Waals surface area contributed by atoms with Gasteiger partial charge >= 0.3 is 5.97 Å². The van der Waals surface area contributed by atoms with Crippen LogP contribution in [0.15, 0.2) is 6.07 Å². The largest absolute Gasteiger partial charge is 0.477 e. The van der Waals surface area contributed by atoms with Crippen molar-refractivity contribution in [2.75, 3.05) is 6.61 Å². The molecule has 0 amide bonds. The summed E-state index contributed by atoms with van der Waals surface area (Å²) in [6.07, 6.45) is 0.418. The van der Waals surface area contributed by atoms with Gasteiger partial charge in [0.2, 0.25) is 0 Å². The van der Waals surface area contributed by atoms with E-state index in [1.807, 2.05) is 0 Å². The third-order valence-electron chi connectivity index (χ3n) is 1.35. The van der Waals surface area contributed by atoms with Crippen molar-refractivity contribution >= 4 is 39.9 Å². The molecule has 0 radical (unpaired) electrons. The Morgan fingerprint density at radius 1 is 1.67 bits per heavy atom. The lowest BCUT2D eigenvalue weighted by Crippen LogP contribution is -1.99. The topological polar surface area (TPSA) is 57.5 Å². The Morgan fingerprint density at radius 2 is 2.33 bits per heavy atom. The maximum atomic E-state index is 10.6. The summed E-state index contributed by atoms with van der Waals surface area (Å²) in [5.74, 6) is -0.911. The van der Waals surface area contributed by atoms with Crippen LogP contribution in [-0.4, -0.2) is 22.8 Å². The van der Waals surface area contributed by atoms with Crippen molar-refractivity contribution in [1.82, 2.24) is 0 Å². The van der Waals surface area contributed by atoms with Gasteiger partial charge in [-0.25, -0.2) is 4.79 Å². The van der Waals surface area contributed by atoms with Crippen molar-refractivity contribution in [2.45, 2.75) is 6.42 Å². The molecule has 12 heavy (non-hydrogen) atoms. The van der Waals surface area contributed by atoms with Crippen molar-refractivity contribution < 1.29 is 15.0 Å². The van der Waals surface area contributed by atoms with Crippen molar-refractivity contribution in [3.63, 3.8) is 0 Å². The molecule has 66 valence electrons. The summed E-state index contributed by atoms with van der Waals surface area (Å²) in [6.45, 7) is -0.00685. The number of aliphatic hydroxyl groups is 1. The van der Waals surface area contributed by atoms with Gasteiger partial charge in [-0.15, -0.1) is 11.3 Å². The maximum absolute atomic E-state index is 10.6. The van der Waals surface area contributed by atoms with E-state index in [2.05, 4.69) is 22.6 Å². The van der Waals surface area contributed by atoms with Gasteiger partial charge in [-0.2, -0.15) is 0 Å². The number of hydrogen-bond acceptors (Lipinski definition) is 3. The average Bonchev–Trinajstić information content (AvgIpc) is 2.32. The van der Waals surface area contributed by atoms with Crippen molar-refractivity contribution in [2.24, 2.45) is 0 Å². The molecule has 0 aromatic carbocycles. The summed E-state index contributed by atoms with van der Waals surface area (Å²) in [5.41, 5.74) is 0.722. The summed E-state index contributed by atoms with van der Waals surface area (Å²) in [7, 11) is 0. The highest BCUT2D eigenvalue weighted by atomic mass is 127. The zero-order valence-electron chi connectivity index (χ0n) is 6.08. The van der Waals surface area contributed by atoms with E-state index in [0.717, 1.165) is 8.45 Å². The minimum atomic E-state index is -0.911. The average molecular weight is 298 g/mol. The highest BCUT2D eigenvalue weighted by Gasteiger charge is 2.13. The SMILES string of the molecule is O=C(O)c1sc(I)cc1CCO. The summed E-state index contributed by atoms with van der Waals surface area (Å²) in [6, 6.07) is 1.80. The fourth-order valence-corrected chi connectivity index (χ4v) is 2.69. The van der Waals surface area contributed by atoms with Crippen LogP contribution in [0.1, 0.15) is 15.2 Å². The first-order valence-electron chi connectivity index (χ1n) is 3.27. The van der Waals surface area contributed by atoms with Crippen LogP contribution in [0.4, 0.5) is 0 Å². The van der Waals surface area contributed by atoms with Crippen LogP contribution in [0, 0.1) is 2.88 Å². The number of halogens is 1. The van der Waals surface area contributed by atoms with E-state index in [1.54, 1.807) is 6.07 Å². The predicted octanol–water partition coefficient (Wildman–Crippen LogP) is 1.59. The van der Waals surface area contributed by atoms with Gasteiger partial charge in [-0.3, -0.25) is 0 Å². The Bertz CT molecular complexity index is 295. The third-order valence-corrected chi connectivity index (χ3v) is 3.28. The monoisotopic (exact) mass is 298 g/mol. The summed E-state index contributed by atoms with van der Waals surface area (Å²) in [4.78, 5) is 11.0. The van der Waals surface area contributed by atoms with E-state index >= 15 is 0 Å². The Morgan fingerprint density at radius 3 is 2.83 bits per heavy atom. The highest BCUT2D eigenvalue weighted by molar-refractivity contribution is 14.1. The standard InChI is InChI=1S/C7H7IO3S/c8-5-3-4(1-2-9)6(12-5)7(10)11/h3,9H,1-2H2,(H,10,11). The lowest BCUT2D eigenvalue weighted by atomic mass is 10.2. The van der Waals surface area contributed by atoms with Crippen LogP contribution in [0.2, 0.25) is 0 Å². The molecule has 0 spiro atoms. The summed E-state index contributed by atoms with van der Waals surface area (Å²) in [5, 5.41) is 17.4. The van der Waals surface area contributed by atoms with Crippen LogP contribution in [0.3, 0.4) is 0 Å². The number of carboxylic acid groups (broad SMARTS) is 1. The Balaban J connectivity index is 2.99. The molecule has 0 saturated heterocycles. The summed E-state index contributed by atoms with van der Waals surface area (Å²) < 4.78 is 0.938. The molecule has 1 aromatic rings. The second kappa shape index (κ2) is 4.20. The first-order valence-corrected chi connectivity index (χ1v) is 5.17. The second-order valence-electron chi connectivity index (χ2n) is 2.18. The smallest absolute Gasteiger partial charge is 0.346 e. The van der Waals surface area contributed by atoms with E-state index in [9.17, 15) is 4.79 Å². The number of aliphatic hydroxyl groups excluding tert-OH is 1. The molecular weight excluding hydrogens is 291 g/mol. The molecule has 0 aliphatic carbocycles. The third kappa shape index (κ3) is 2.18. The molecule has 0 aliphatic heterocycles. The molecule has 0 bridgehead atoms. The minimum Gasteiger partial charge on any atom is -0.477 e. The van der Waals surface area contributed by atoms with Gasteiger partial charge in [0.1, 0.15) is 4.88 Å². The Hall–Kier alpha value is -0.140. The lowest BCUT2D eigenvalue weighted by molar-refractivity contribution is 0.0701. The van der Waals surface area contributed by atoms with Gasteiger partial charge in [0.15, 0.2) is 0 Å². The van der Waals surface area contributed by atoms with Crippen molar-refractivity contribution in [3.8, 4) is 0 Å². The van der Waals surface area contributed by atoms with E-state index in [0.29, 0.717) is 11.3 Å². The Kier molecular flexibility index (Phi) is 3.48. The van der Waals surface area contributed by atoms with Crippen LogP contribution in [0.5, 0.6) is 0 Å². The van der Waals surface area contributed by atoms with Gasteiger partial charge in [0, 0.05) is 6.61 Å². The van der Waals surface area contributed by atoms with Crippen molar-refractivity contribution in [1.29, 1.82) is 0 Å². The van der Waals surface area contributed by atoms with E-state index in [1.165, 1.54) is 11.3 Å². The highest BCUT2D eigenvalue weighted by Crippen LogP contribution is 2.24. The molecule has 0 saturated carbocycles. The zero-order chi connectivity index (χ0) is 9.14. The first kappa shape index (κ1) is 9.94. The molecule has 1 rings (SSSR count). The molecule has 0 unspecified atom stereocenters. The maximum Gasteiger partial charge on any atom is 0.346 e. The number of thiophene rings is 1. The molecule has 1 aromatic heterocycles. The van der Waals surface area contributed by atoms with Crippen LogP contribution >= 0.6 is 33.9 Å². The lowest BCUT2D eigenvalue weighted by Gasteiger charge is -1.94. The molecular formula is C7H7IO3S. The summed E-state index contributed by atoms with van der Waals surface area (Å²) >= 11 is 3.31. The number of hydrogen-bond donors (Lipinski definition) is 2. The fourth-order valence-electron chi connectivity index (χ4n) is 0.882. The van der Waals surface area contributed by atoms with Crippen LogP contribution in [0.25, 0.3) is 0 Å². The van der Waals surface area contributed by atoms with Gasteiger partial charge in [0.25, 0.3) is 0 Å². The molecule has 1 heterocycles. The van der Waals surface area contributed by atoms with Gasteiger partial charge in [-0.05, 0) is 40.6 Å². The number of aromatic carboxylic acids is 1. The van der Waals surface area contributed by atoms with E-state index < -0.39 is 5.97 Å². The number of carboxylic acids is 1. The molecule has 0 aliphatic rings. The van der Waals surface area contributed by atoms with Gasteiger partial charge in [0.05, 0.1) is 2.88 Å². The van der Waals surface area contributed by atoms with Gasteiger partial charge in [-0.1, -0.05) is 0 Å². The molecule has 0 fully saturated rings. The van der Waals surface area contributed by atoms with Crippen LogP contribution in [-0.2, 0) is 6.42 Å². The Labute approximate surface area is 87.2 Å². The van der Waals surface area contributed by atoms with Crippen molar-refractivity contribution in [3.05, 3.63) is 19.4 Å². The molecule has 3 nitrogen and oxygen atoms in total. The van der Waals surface area contributed by atoms with E-state index in [-0.39, 0.29) is 6.61 Å². The second-order valence-corrected chi connectivity index (χ2v) is 5.13. The molecule has 0 atom stereocenters. The first-order chi connectivity index (χ1) is 5.65. The quantitative estimate of drug-likeness (QED) is 0.833. The minimum absolute atomic E-state index is 0.00685. The predicted molar refractivity (Wildman–Crippen MR) is 54.8 cm³/mol. The van der Waals surface area contributed by atoms with Crippen LogP contribution < -0.4 is 0 Å². The molecule has 2 N–H and O–H groups in total. The number of rotatable bonds is 3. The van der Waals surface area contributed by atoms with E-state index in [4.69, 9.17) is 10.2 Å².